The van der Waals surface area contributed by atoms with Crippen molar-refractivity contribution in [3.8, 4) is 0 Å². The maximum absolute atomic E-state index is 13.0. The van der Waals surface area contributed by atoms with Crippen LogP contribution in [0.3, 0.4) is 0 Å². The smallest absolute Gasteiger partial charge is 0.255 e. The summed E-state index contributed by atoms with van der Waals surface area (Å²) in [7, 11) is 0. The normalized spacial score (nSPS) is 28.1. The predicted molar refractivity (Wildman–Crippen MR) is 113 cm³/mol. The lowest BCUT2D eigenvalue weighted by atomic mass is 9.88. The summed E-state index contributed by atoms with van der Waals surface area (Å²) in [6.45, 7) is 4.73. The predicted octanol–water partition coefficient (Wildman–Crippen LogP) is 2.41. The molecule has 1 aromatic heterocycles. The van der Waals surface area contributed by atoms with Gasteiger partial charge in [-0.1, -0.05) is 19.3 Å². The van der Waals surface area contributed by atoms with Crippen LogP contribution in [0.5, 0.6) is 0 Å². The Kier molecular flexibility index (Phi) is 5.92. The molecule has 7 nitrogen and oxygen atoms in total. The minimum absolute atomic E-state index is 0.00755. The molecular formula is C23H34N4O3. The first kappa shape index (κ1) is 20.2. The molecule has 0 unspecified atom stereocenters. The summed E-state index contributed by atoms with van der Waals surface area (Å²) >= 11 is 0. The molecule has 0 spiro atoms. The standard InChI is InChI=1S/C23H34N4O3/c28-22-18-14-26(13-16-5-2-1-3-6-16)11-8-19(18)24-21(25-22)20-7-4-10-27(20)23(29)17-9-12-30-15-17/h16-17,20H,1-15H2,(H,24,25,28)/t17-,20+/m1/s1. The van der Waals surface area contributed by atoms with E-state index in [0.29, 0.717) is 25.6 Å². The van der Waals surface area contributed by atoms with E-state index in [1.54, 1.807) is 0 Å². The number of hydrogen-bond acceptors (Lipinski definition) is 5. The summed E-state index contributed by atoms with van der Waals surface area (Å²) in [5, 5.41) is 0. The lowest BCUT2D eigenvalue weighted by Gasteiger charge is -2.33. The molecule has 30 heavy (non-hydrogen) atoms. The molecule has 2 atom stereocenters. The highest BCUT2D eigenvalue weighted by atomic mass is 16.5. The van der Waals surface area contributed by atoms with Crippen LogP contribution in [0.2, 0.25) is 0 Å². The molecule has 1 aromatic rings. The van der Waals surface area contributed by atoms with Crippen LogP contribution in [0.25, 0.3) is 0 Å². The van der Waals surface area contributed by atoms with Crippen LogP contribution in [0.15, 0.2) is 4.79 Å². The van der Waals surface area contributed by atoms with E-state index in [1.807, 2.05) is 4.90 Å². The minimum Gasteiger partial charge on any atom is -0.381 e. The van der Waals surface area contributed by atoms with Crippen LogP contribution in [0.1, 0.15) is 74.5 Å². The number of carbonyl (C=O) groups is 1. The molecule has 3 aliphatic heterocycles. The van der Waals surface area contributed by atoms with Gasteiger partial charge in [-0.2, -0.15) is 0 Å². The van der Waals surface area contributed by atoms with Crippen molar-refractivity contribution < 1.29 is 9.53 Å². The van der Waals surface area contributed by atoms with Crippen molar-refractivity contribution in [2.45, 2.75) is 70.4 Å². The van der Waals surface area contributed by atoms with Gasteiger partial charge in [0.2, 0.25) is 5.91 Å². The van der Waals surface area contributed by atoms with Gasteiger partial charge in [-0.3, -0.25) is 14.5 Å². The van der Waals surface area contributed by atoms with Gasteiger partial charge in [0.25, 0.3) is 5.56 Å². The van der Waals surface area contributed by atoms with Crippen molar-refractivity contribution in [3.63, 3.8) is 0 Å². The van der Waals surface area contributed by atoms with E-state index < -0.39 is 0 Å². The summed E-state index contributed by atoms with van der Waals surface area (Å²) in [6.07, 6.45) is 10.2. The van der Waals surface area contributed by atoms with Crippen molar-refractivity contribution in [2.75, 3.05) is 32.8 Å². The topological polar surface area (TPSA) is 78.5 Å². The van der Waals surface area contributed by atoms with Gasteiger partial charge in [-0.25, -0.2) is 4.98 Å². The molecule has 4 heterocycles. The molecule has 1 aliphatic carbocycles. The number of rotatable bonds is 4. The molecule has 3 fully saturated rings. The van der Waals surface area contributed by atoms with Crippen LogP contribution in [-0.4, -0.2) is 58.5 Å². The zero-order chi connectivity index (χ0) is 20.5. The van der Waals surface area contributed by atoms with Crippen molar-refractivity contribution in [3.05, 3.63) is 27.4 Å². The lowest BCUT2D eigenvalue weighted by Crippen LogP contribution is -2.40. The first-order valence-electron chi connectivity index (χ1n) is 11.9. The third-order valence-corrected chi connectivity index (χ3v) is 7.54. The number of fused-ring (bicyclic) bond motifs is 1. The summed E-state index contributed by atoms with van der Waals surface area (Å²) in [4.78, 5) is 38.2. The summed E-state index contributed by atoms with van der Waals surface area (Å²) < 4.78 is 5.41. The molecule has 2 saturated heterocycles. The van der Waals surface area contributed by atoms with Gasteiger partial charge in [0.1, 0.15) is 5.82 Å². The van der Waals surface area contributed by atoms with E-state index in [0.717, 1.165) is 62.5 Å². The second-order valence-electron chi connectivity index (χ2n) is 9.62. The first-order valence-corrected chi connectivity index (χ1v) is 11.9. The fraction of sp³-hybridized carbons (Fsp3) is 0.783. The number of nitrogens with zero attached hydrogens (tertiary/aromatic N) is 3. The molecule has 164 valence electrons. The number of aromatic nitrogens is 2. The molecule has 0 bridgehead atoms. The van der Waals surface area contributed by atoms with Gasteiger partial charge < -0.3 is 14.6 Å². The van der Waals surface area contributed by atoms with E-state index in [1.165, 1.54) is 32.1 Å². The molecule has 5 rings (SSSR count). The van der Waals surface area contributed by atoms with E-state index >= 15 is 0 Å². The Morgan fingerprint density at radius 3 is 2.77 bits per heavy atom. The summed E-state index contributed by atoms with van der Waals surface area (Å²) in [5.41, 5.74) is 1.77. The van der Waals surface area contributed by atoms with Crippen molar-refractivity contribution >= 4 is 5.91 Å². The Bertz CT molecular complexity index is 826. The number of aromatic amines is 1. The molecule has 1 saturated carbocycles. The fourth-order valence-electron chi connectivity index (χ4n) is 5.83. The SMILES string of the molecule is O=C([C@@H]1CCOC1)N1CCC[C@H]1c1nc2c(c(=O)[nH]1)CN(CC1CCCCC1)CC2. The molecule has 0 aromatic carbocycles. The van der Waals surface area contributed by atoms with Gasteiger partial charge >= 0.3 is 0 Å². The summed E-state index contributed by atoms with van der Waals surface area (Å²) in [6, 6.07) is -0.101. The Balaban J connectivity index is 1.30. The Labute approximate surface area is 178 Å². The number of ether oxygens (including phenoxy) is 1. The summed E-state index contributed by atoms with van der Waals surface area (Å²) in [5.74, 6) is 1.59. The van der Waals surface area contributed by atoms with Crippen LogP contribution >= 0.6 is 0 Å². The molecule has 7 heteroatoms. The van der Waals surface area contributed by atoms with Crippen LogP contribution < -0.4 is 5.56 Å². The average Bonchev–Trinajstić information content (AvgIpc) is 3.47. The number of hydrogen-bond donors (Lipinski definition) is 1. The van der Waals surface area contributed by atoms with Crippen molar-refractivity contribution in [1.82, 2.24) is 19.8 Å². The van der Waals surface area contributed by atoms with E-state index in [-0.39, 0.29) is 23.4 Å². The van der Waals surface area contributed by atoms with Crippen LogP contribution in [0.4, 0.5) is 0 Å². The number of amides is 1. The van der Waals surface area contributed by atoms with Crippen molar-refractivity contribution in [1.29, 1.82) is 0 Å². The van der Waals surface area contributed by atoms with Crippen molar-refractivity contribution in [2.24, 2.45) is 11.8 Å². The highest BCUT2D eigenvalue weighted by Crippen LogP contribution is 2.33. The zero-order valence-electron chi connectivity index (χ0n) is 17.9. The molecule has 4 aliphatic rings. The van der Waals surface area contributed by atoms with E-state index in [4.69, 9.17) is 9.72 Å². The van der Waals surface area contributed by atoms with Gasteiger partial charge in [0.15, 0.2) is 0 Å². The second-order valence-corrected chi connectivity index (χ2v) is 9.62. The number of nitrogens with one attached hydrogen (secondary N) is 1. The first-order chi connectivity index (χ1) is 14.7. The third-order valence-electron chi connectivity index (χ3n) is 7.54. The maximum atomic E-state index is 13.0. The largest absolute Gasteiger partial charge is 0.381 e. The Morgan fingerprint density at radius 1 is 1.10 bits per heavy atom. The van der Waals surface area contributed by atoms with E-state index in [9.17, 15) is 9.59 Å². The zero-order valence-corrected chi connectivity index (χ0v) is 17.9. The fourth-order valence-corrected chi connectivity index (χ4v) is 5.83. The molecule has 1 N–H and O–H groups in total. The highest BCUT2D eigenvalue weighted by Gasteiger charge is 2.37. The number of H-pyrrole nitrogens is 1. The van der Waals surface area contributed by atoms with E-state index in [2.05, 4.69) is 9.88 Å². The van der Waals surface area contributed by atoms with Gasteiger partial charge in [-0.05, 0) is 38.0 Å². The third kappa shape index (κ3) is 4.06. The Morgan fingerprint density at radius 2 is 1.97 bits per heavy atom. The number of likely N-dealkylation sites (tertiary alicyclic amines) is 1. The second kappa shape index (κ2) is 8.79. The number of carbonyl (C=O) groups excluding carboxylic acids is 1. The quantitative estimate of drug-likeness (QED) is 0.819. The monoisotopic (exact) mass is 414 g/mol. The van der Waals surface area contributed by atoms with Gasteiger partial charge in [0, 0.05) is 39.2 Å². The maximum Gasteiger partial charge on any atom is 0.255 e. The van der Waals surface area contributed by atoms with Crippen LogP contribution in [-0.2, 0) is 22.5 Å². The molecule has 0 radical (unpaired) electrons. The van der Waals surface area contributed by atoms with Gasteiger partial charge in [-0.15, -0.1) is 0 Å². The van der Waals surface area contributed by atoms with Gasteiger partial charge in [0.05, 0.1) is 29.8 Å². The van der Waals surface area contributed by atoms with Crippen LogP contribution in [0, 0.1) is 11.8 Å². The Hall–Kier alpha value is -1.73. The molecule has 1 amide bonds. The molecular weight excluding hydrogens is 380 g/mol. The minimum atomic E-state index is -0.101. The average molecular weight is 415 g/mol. The highest BCUT2D eigenvalue weighted by molar-refractivity contribution is 5.80. The lowest BCUT2D eigenvalue weighted by molar-refractivity contribution is -0.136.